The summed E-state index contributed by atoms with van der Waals surface area (Å²) in [7, 11) is 0. The van der Waals surface area contributed by atoms with E-state index in [4.69, 9.17) is 4.74 Å². The summed E-state index contributed by atoms with van der Waals surface area (Å²) in [6.07, 6.45) is 2.65. The van der Waals surface area contributed by atoms with E-state index in [0.29, 0.717) is 30.9 Å². The molecule has 0 saturated carbocycles. The Labute approximate surface area is 141 Å². The molecule has 1 aromatic heterocycles. The van der Waals surface area contributed by atoms with Gasteiger partial charge in [0.05, 0.1) is 6.61 Å². The number of carbonyl (C=O) groups excluding carboxylic acids is 1. The first-order valence-corrected chi connectivity index (χ1v) is 8.37. The van der Waals surface area contributed by atoms with E-state index in [9.17, 15) is 9.59 Å². The van der Waals surface area contributed by atoms with Crippen LogP contribution in [-0.2, 0) is 13.0 Å². The van der Waals surface area contributed by atoms with Crippen molar-refractivity contribution in [1.29, 1.82) is 0 Å². The fourth-order valence-electron chi connectivity index (χ4n) is 3.17. The summed E-state index contributed by atoms with van der Waals surface area (Å²) in [6.45, 7) is 4.89. The van der Waals surface area contributed by atoms with Crippen molar-refractivity contribution in [2.24, 2.45) is 0 Å². The van der Waals surface area contributed by atoms with Gasteiger partial charge in [-0.05, 0) is 50.8 Å². The Balaban J connectivity index is 2.04. The van der Waals surface area contributed by atoms with Crippen LogP contribution in [0, 0.1) is 6.92 Å². The summed E-state index contributed by atoms with van der Waals surface area (Å²) in [5, 5.41) is 2.93. The molecule has 2 aromatic rings. The van der Waals surface area contributed by atoms with Gasteiger partial charge in [-0.2, -0.15) is 0 Å². The van der Waals surface area contributed by atoms with Gasteiger partial charge in [-0.3, -0.25) is 9.59 Å². The molecule has 2 heterocycles. The number of carbonyl (C=O) groups is 1. The minimum Gasteiger partial charge on any atom is -0.493 e. The number of fused-ring (bicyclic) bond motifs is 1. The van der Waals surface area contributed by atoms with Crippen molar-refractivity contribution >= 4 is 11.6 Å². The van der Waals surface area contributed by atoms with E-state index in [1.165, 1.54) is 6.07 Å². The number of ether oxygens (including phenoxy) is 1. The average Bonchev–Trinajstić information content (AvgIpc) is 2.55. The summed E-state index contributed by atoms with van der Waals surface area (Å²) < 4.78 is 7.30. The number of hydrogen-bond acceptors (Lipinski definition) is 3. The Morgan fingerprint density at radius 2 is 2.12 bits per heavy atom. The quantitative estimate of drug-likeness (QED) is 0.939. The topological polar surface area (TPSA) is 60.3 Å². The largest absolute Gasteiger partial charge is 0.493 e. The number of aryl methyl sites for hydroxylation is 1. The smallest absolute Gasteiger partial charge is 0.261 e. The first-order valence-electron chi connectivity index (χ1n) is 8.37. The van der Waals surface area contributed by atoms with Gasteiger partial charge in [0.2, 0.25) is 0 Å². The van der Waals surface area contributed by atoms with Crippen molar-refractivity contribution in [2.45, 2.75) is 39.7 Å². The number of nitrogens with zero attached hydrogens (tertiary/aromatic N) is 1. The Morgan fingerprint density at radius 1 is 1.29 bits per heavy atom. The van der Waals surface area contributed by atoms with Crippen molar-refractivity contribution in [3.63, 3.8) is 0 Å². The molecule has 0 fully saturated rings. The fourth-order valence-corrected chi connectivity index (χ4v) is 3.17. The minimum absolute atomic E-state index is 0.0970. The molecule has 0 saturated heterocycles. The Morgan fingerprint density at radius 3 is 2.88 bits per heavy atom. The number of amides is 1. The first-order chi connectivity index (χ1) is 11.6. The predicted octanol–water partition coefficient (Wildman–Crippen LogP) is 3.14. The van der Waals surface area contributed by atoms with Crippen LogP contribution in [0.15, 0.2) is 35.1 Å². The molecule has 1 aliphatic heterocycles. The average molecular weight is 326 g/mol. The van der Waals surface area contributed by atoms with Crippen LogP contribution >= 0.6 is 0 Å². The number of nitrogens with one attached hydrogen (secondary N) is 1. The lowest BCUT2D eigenvalue weighted by molar-refractivity contribution is 0.102. The lowest BCUT2D eigenvalue weighted by Crippen LogP contribution is -2.31. The zero-order valence-corrected chi connectivity index (χ0v) is 14.1. The van der Waals surface area contributed by atoms with Gasteiger partial charge in [-0.1, -0.05) is 12.1 Å². The third-order valence-corrected chi connectivity index (χ3v) is 4.23. The highest BCUT2D eigenvalue weighted by atomic mass is 16.5. The summed E-state index contributed by atoms with van der Waals surface area (Å²) in [5.74, 6) is 0.149. The van der Waals surface area contributed by atoms with Gasteiger partial charge in [0.15, 0.2) is 0 Å². The molecule has 1 aliphatic rings. The van der Waals surface area contributed by atoms with Crippen LogP contribution in [-0.4, -0.2) is 17.1 Å². The minimum atomic E-state index is -0.227. The number of rotatable bonds is 4. The second-order valence-corrected chi connectivity index (χ2v) is 6.03. The molecule has 1 amide bonds. The van der Waals surface area contributed by atoms with Gasteiger partial charge in [0, 0.05) is 24.0 Å². The predicted molar refractivity (Wildman–Crippen MR) is 93.9 cm³/mol. The Hall–Kier alpha value is -2.56. The van der Waals surface area contributed by atoms with Crippen LogP contribution in [0.25, 0.3) is 0 Å². The highest BCUT2D eigenvalue weighted by molar-refractivity contribution is 6.07. The highest BCUT2D eigenvalue weighted by Crippen LogP contribution is 2.26. The SMILES string of the molecule is CCOc1cc(=O)n2c(c1C(=O)Nc1cccc(C)c1)CCCC2. The van der Waals surface area contributed by atoms with Crippen molar-refractivity contribution in [3.05, 3.63) is 57.5 Å². The molecule has 126 valence electrons. The van der Waals surface area contributed by atoms with E-state index < -0.39 is 0 Å². The van der Waals surface area contributed by atoms with Gasteiger partial charge in [0.25, 0.3) is 11.5 Å². The summed E-state index contributed by atoms with van der Waals surface area (Å²) in [6, 6.07) is 9.08. The van der Waals surface area contributed by atoms with Gasteiger partial charge < -0.3 is 14.6 Å². The lowest BCUT2D eigenvalue weighted by Gasteiger charge is -2.23. The van der Waals surface area contributed by atoms with Crippen molar-refractivity contribution < 1.29 is 9.53 Å². The highest BCUT2D eigenvalue weighted by Gasteiger charge is 2.24. The van der Waals surface area contributed by atoms with Crippen LogP contribution in [0.1, 0.15) is 41.4 Å². The first kappa shape index (κ1) is 16.3. The standard InChI is InChI=1S/C19H22N2O3/c1-3-24-16-12-17(22)21-10-5-4-9-15(21)18(16)19(23)20-14-8-6-7-13(2)11-14/h6-8,11-12H,3-5,9-10H2,1-2H3,(H,20,23). The molecule has 24 heavy (non-hydrogen) atoms. The third kappa shape index (κ3) is 3.20. The number of anilines is 1. The van der Waals surface area contributed by atoms with E-state index in [-0.39, 0.29) is 11.5 Å². The molecule has 0 unspecified atom stereocenters. The molecule has 0 spiro atoms. The van der Waals surface area contributed by atoms with Gasteiger partial charge >= 0.3 is 0 Å². The monoisotopic (exact) mass is 326 g/mol. The lowest BCUT2D eigenvalue weighted by atomic mass is 10.0. The molecule has 5 heteroatoms. The molecule has 0 aliphatic carbocycles. The molecule has 0 radical (unpaired) electrons. The molecule has 5 nitrogen and oxygen atoms in total. The molecular weight excluding hydrogens is 304 g/mol. The maximum atomic E-state index is 12.9. The Kier molecular flexibility index (Phi) is 4.69. The van der Waals surface area contributed by atoms with Crippen molar-refractivity contribution in [3.8, 4) is 5.75 Å². The summed E-state index contributed by atoms with van der Waals surface area (Å²) >= 11 is 0. The second kappa shape index (κ2) is 6.91. The van der Waals surface area contributed by atoms with Crippen molar-refractivity contribution in [2.75, 3.05) is 11.9 Å². The van der Waals surface area contributed by atoms with E-state index in [2.05, 4.69) is 5.32 Å². The van der Waals surface area contributed by atoms with Crippen LogP contribution in [0.5, 0.6) is 5.75 Å². The van der Waals surface area contributed by atoms with Gasteiger partial charge in [-0.25, -0.2) is 0 Å². The van der Waals surface area contributed by atoms with E-state index in [1.807, 2.05) is 38.1 Å². The zero-order valence-electron chi connectivity index (χ0n) is 14.1. The second-order valence-electron chi connectivity index (χ2n) is 6.03. The molecular formula is C19H22N2O3. The van der Waals surface area contributed by atoms with Gasteiger partial charge in [-0.15, -0.1) is 0 Å². The number of benzene rings is 1. The van der Waals surface area contributed by atoms with E-state index >= 15 is 0 Å². The van der Waals surface area contributed by atoms with Crippen LogP contribution < -0.4 is 15.6 Å². The van der Waals surface area contributed by atoms with E-state index in [1.54, 1.807) is 4.57 Å². The van der Waals surface area contributed by atoms with Crippen LogP contribution in [0.4, 0.5) is 5.69 Å². The molecule has 3 rings (SSSR count). The van der Waals surface area contributed by atoms with Crippen LogP contribution in [0.3, 0.4) is 0 Å². The Bertz CT molecular complexity index is 824. The number of aromatic nitrogens is 1. The third-order valence-electron chi connectivity index (χ3n) is 4.23. The van der Waals surface area contributed by atoms with E-state index in [0.717, 1.165) is 29.8 Å². The van der Waals surface area contributed by atoms with Crippen LogP contribution in [0.2, 0.25) is 0 Å². The zero-order chi connectivity index (χ0) is 17.1. The molecule has 0 bridgehead atoms. The van der Waals surface area contributed by atoms with Crippen molar-refractivity contribution in [1.82, 2.24) is 4.57 Å². The number of pyridine rings is 1. The molecule has 1 N–H and O–H groups in total. The van der Waals surface area contributed by atoms with Gasteiger partial charge in [0.1, 0.15) is 11.3 Å². The maximum absolute atomic E-state index is 12.9. The fraction of sp³-hybridized carbons (Fsp3) is 0.368. The number of hydrogen-bond donors (Lipinski definition) is 1. The normalized spacial score (nSPS) is 13.2. The molecule has 0 atom stereocenters. The maximum Gasteiger partial charge on any atom is 0.261 e. The molecule has 1 aromatic carbocycles. The summed E-state index contributed by atoms with van der Waals surface area (Å²) in [5.41, 5.74) is 2.98. The summed E-state index contributed by atoms with van der Waals surface area (Å²) in [4.78, 5) is 25.2.